The fourth-order valence-corrected chi connectivity index (χ4v) is 1.65. The molecule has 0 saturated heterocycles. The fraction of sp³-hybridized carbons (Fsp3) is 0. The van der Waals surface area contributed by atoms with Gasteiger partial charge in [0.05, 0.1) is 21.8 Å². The van der Waals surface area contributed by atoms with Crippen LogP contribution in [0.2, 0.25) is 5.02 Å². The van der Waals surface area contributed by atoms with Crippen LogP contribution in [0.5, 0.6) is 0 Å². The molecule has 100 valence electrons. The molecule has 0 fully saturated rings. The zero-order valence-electron chi connectivity index (χ0n) is 10.0. The number of amides is 1. The Morgan fingerprint density at radius 3 is 2.85 bits per heavy atom. The van der Waals surface area contributed by atoms with Gasteiger partial charge in [-0.05, 0) is 24.3 Å². The molecular weight excluding hydrogens is 283 g/mol. The molecule has 20 heavy (non-hydrogen) atoms. The Hall–Kier alpha value is -2.65. The predicted octanol–water partition coefficient (Wildman–Crippen LogP) is 2.58. The standard InChI is InChI=1S/C13H8ClFN4O/c14-10-4-8(6-18-12(10)17)13(20)19-11-2-1-9(15)3-7(11)5-16/h1-4,6H,(H2,17,18)(H,19,20). The number of carbonyl (C=O) groups is 1. The van der Waals surface area contributed by atoms with E-state index in [1.807, 2.05) is 0 Å². The van der Waals surface area contributed by atoms with Crippen LogP contribution in [0.25, 0.3) is 0 Å². The van der Waals surface area contributed by atoms with E-state index in [0.717, 1.165) is 12.1 Å². The van der Waals surface area contributed by atoms with Crippen LogP contribution in [-0.4, -0.2) is 10.9 Å². The minimum Gasteiger partial charge on any atom is -0.382 e. The summed E-state index contributed by atoms with van der Waals surface area (Å²) in [4.78, 5) is 15.7. The minimum absolute atomic E-state index is 0.0212. The summed E-state index contributed by atoms with van der Waals surface area (Å²) in [6.45, 7) is 0. The molecule has 0 saturated carbocycles. The van der Waals surface area contributed by atoms with Crippen molar-refractivity contribution in [3.8, 4) is 6.07 Å². The molecule has 0 aliphatic carbocycles. The predicted molar refractivity (Wildman–Crippen MR) is 72.7 cm³/mol. The van der Waals surface area contributed by atoms with Gasteiger partial charge in [-0.15, -0.1) is 0 Å². The summed E-state index contributed by atoms with van der Waals surface area (Å²) in [7, 11) is 0. The molecule has 5 nitrogen and oxygen atoms in total. The number of nitrogens with one attached hydrogen (secondary N) is 1. The van der Waals surface area contributed by atoms with Gasteiger partial charge in [0.1, 0.15) is 17.7 Å². The number of hydrogen-bond acceptors (Lipinski definition) is 4. The van der Waals surface area contributed by atoms with Gasteiger partial charge in [0.15, 0.2) is 0 Å². The van der Waals surface area contributed by atoms with E-state index in [1.165, 1.54) is 18.3 Å². The number of rotatable bonds is 2. The van der Waals surface area contributed by atoms with E-state index in [1.54, 1.807) is 6.07 Å². The van der Waals surface area contributed by atoms with Crippen molar-refractivity contribution in [3.05, 3.63) is 52.4 Å². The van der Waals surface area contributed by atoms with Gasteiger partial charge in [0.2, 0.25) is 0 Å². The zero-order chi connectivity index (χ0) is 14.7. The molecule has 1 aromatic carbocycles. The second-order valence-corrected chi connectivity index (χ2v) is 4.25. The molecule has 0 unspecified atom stereocenters. The number of pyridine rings is 1. The summed E-state index contributed by atoms with van der Waals surface area (Å²) in [6, 6.07) is 6.63. The molecule has 0 bridgehead atoms. The van der Waals surface area contributed by atoms with Crippen molar-refractivity contribution in [1.29, 1.82) is 5.26 Å². The fourth-order valence-electron chi connectivity index (χ4n) is 1.49. The molecule has 0 radical (unpaired) electrons. The highest BCUT2D eigenvalue weighted by molar-refractivity contribution is 6.33. The maximum atomic E-state index is 13.0. The van der Waals surface area contributed by atoms with Crippen LogP contribution in [0.4, 0.5) is 15.9 Å². The van der Waals surface area contributed by atoms with Crippen molar-refractivity contribution in [1.82, 2.24) is 4.98 Å². The van der Waals surface area contributed by atoms with E-state index < -0.39 is 11.7 Å². The Morgan fingerprint density at radius 1 is 1.45 bits per heavy atom. The van der Waals surface area contributed by atoms with E-state index in [2.05, 4.69) is 10.3 Å². The quantitative estimate of drug-likeness (QED) is 0.889. The molecule has 1 amide bonds. The summed E-state index contributed by atoms with van der Waals surface area (Å²) in [5, 5.41) is 11.5. The summed E-state index contributed by atoms with van der Waals surface area (Å²) >= 11 is 5.77. The largest absolute Gasteiger partial charge is 0.382 e. The topological polar surface area (TPSA) is 91.8 Å². The van der Waals surface area contributed by atoms with Crippen LogP contribution in [0.15, 0.2) is 30.5 Å². The lowest BCUT2D eigenvalue weighted by Gasteiger charge is -2.07. The van der Waals surface area contributed by atoms with E-state index in [-0.39, 0.29) is 27.7 Å². The second-order valence-electron chi connectivity index (χ2n) is 3.85. The van der Waals surface area contributed by atoms with Crippen molar-refractivity contribution in [2.24, 2.45) is 0 Å². The highest BCUT2D eigenvalue weighted by Crippen LogP contribution is 2.20. The first-order valence-corrected chi connectivity index (χ1v) is 5.81. The lowest BCUT2D eigenvalue weighted by molar-refractivity contribution is 0.102. The molecular formula is C13H8ClFN4O. The van der Waals surface area contributed by atoms with Crippen LogP contribution in [-0.2, 0) is 0 Å². The number of nitrogens with two attached hydrogens (primary N) is 1. The summed E-state index contributed by atoms with van der Waals surface area (Å²) < 4.78 is 13.0. The normalized spacial score (nSPS) is 9.85. The van der Waals surface area contributed by atoms with Gasteiger partial charge in [-0.25, -0.2) is 9.37 Å². The van der Waals surface area contributed by atoms with Gasteiger partial charge in [0.25, 0.3) is 5.91 Å². The Labute approximate surface area is 118 Å². The Balaban J connectivity index is 2.28. The van der Waals surface area contributed by atoms with E-state index in [4.69, 9.17) is 22.6 Å². The van der Waals surface area contributed by atoms with Crippen molar-refractivity contribution < 1.29 is 9.18 Å². The smallest absolute Gasteiger partial charge is 0.257 e. The van der Waals surface area contributed by atoms with Gasteiger partial charge in [-0.2, -0.15) is 5.26 Å². The third-order valence-electron chi connectivity index (χ3n) is 2.48. The van der Waals surface area contributed by atoms with Crippen molar-refractivity contribution in [2.75, 3.05) is 11.1 Å². The molecule has 0 spiro atoms. The number of nitrogen functional groups attached to an aromatic ring is 1. The lowest BCUT2D eigenvalue weighted by atomic mass is 10.1. The highest BCUT2D eigenvalue weighted by Gasteiger charge is 2.11. The lowest BCUT2D eigenvalue weighted by Crippen LogP contribution is -2.13. The summed E-state index contributed by atoms with van der Waals surface area (Å²) in [6.07, 6.45) is 1.26. The van der Waals surface area contributed by atoms with E-state index in [0.29, 0.717) is 0 Å². The average molecular weight is 291 g/mol. The van der Waals surface area contributed by atoms with Gasteiger partial charge in [-0.1, -0.05) is 11.6 Å². The van der Waals surface area contributed by atoms with Crippen molar-refractivity contribution in [3.63, 3.8) is 0 Å². The molecule has 1 heterocycles. The number of halogens is 2. The van der Waals surface area contributed by atoms with Gasteiger partial charge >= 0.3 is 0 Å². The number of nitriles is 1. The molecule has 0 aliphatic heterocycles. The first-order valence-electron chi connectivity index (χ1n) is 5.43. The zero-order valence-corrected chi connectivity index (χ0v) is 10.8. The SMILES string of the molecule is N#Cc1cc(F)ccc1NC(=O)c1cnc(N)c(Cl)c1. The molecule has 3 N–H and O–H groups in total. The second kappa shape index (κ2) is 5.55. The number of nitrogens with zero attached hydrogens (tertiary/aromatic N) is 2. The third-order valence-corrected chi connectivity index (χ3v) is 2.78. The minimum atomic E-state index is -0.559. The highest BCUT2D eigenvalue weighted by atomic mass is 35.5. The Morgan fingerprint density at radius 2 is 2.20 bits per heavy atom. The van der Waals surface area contributed by atoms with E-state index in [9.17, 15) is 9.18 Å². The summed E-state index contributed by atoms with van der Waals surface area (Å²) in [5.41, 5.74) is 5.84. The number of aromatic nitrogens is 1. The third kappa shape index (κ3) is 2.84. The van der Waals surface area contributed by atoms with Crippen LogP contribution >= 0.6 is 11.6 Å². The van der Waals surface area contributed by atoms with Gasteiger partial charge in [0, 0.05) is 6.20 Å². The Bertz CT molecular complexity index is 727. The average Bonchev–Trinajstić information content (AvgIpc) is 2.43. The van der Waals surface area contributed by atoms with Crippen LogP contribution in [0, 0.1) is 17.1 Å². The van der Waals surface area contributed by atoms with Crippen LogP contribution in [0.3, 0.4) is 0 Å². The molecule has 7 heteroatoms. The molecule has 2 rings (SSSR count). The maximum Gasteiger partial charge on any atom is 0.257 e. The van der Waals surface area contributed by atoms with Crippen molar-refractivity contribution >= 4 is 29.0 Å². The maximum absolute atomic E-state index is 13.0. The Kier molecular flexibility index (Phi) is 3.82. The number of anilines is 2. The van der Waals surface area contributed by atoms with E-state index >= 15 is 0 Å². The molecule has 1 aromatic heterocycles. The monoisotopic (exact) mass is 290 g/mol. The molecule has 0 aliphatic rings. The number of hydrogen-bond donors (Lipinski definition) is 2. The number of carbonyl (C=O) groups excluding carboxylic acids is 1. The van der Waals surface area contributed by atoms with Gasteiger partial charge in [-0.3, -0.25) is 4.79 Å². The summed E-state index contributed by atoms with van der Waals surface area (Å²) in [5.74, 6) is -0.970. The van der Waals surface area contributed by atoms with Crippen LogP contribution < -0.4 is 11.1 Å². The van der Waals surface area contributed by atoms with Gasteiger partial charge < -0.3 is 11.1 Å². The first-order chi connectivity index (χ1) is 9.51. The molecule has 2 aromatic rings. The number of benzene rings is 1. The molecule has 0 atom stereocenters. The first kappa shape index (κ1) is 13.8. The van der Waals surface area contributed by atoms with Crippen molar-refractivity contribution in [2.45, 2.75) is 0 Å². The van der Waals surface area contributed by atoms with Crippen LogP contribution in [0.1, 0.15) is 15.9 Å².